The molecule has 0 unspecified atom stereocenters. The molecule has 0 saturated heterocycles. The van der Waals surface area contributed by atoms with Gasteiger partial charge in [0.25, 0.3) is 0 Å². The summed E-state index contributed by atoms with van der Waals surface area (Å²) in [6.07, 6.45) is 3.74. The van der Waals surface area contributed by atoms with Crippen LogP contribution in [0.15, 0.2) is 40.9 Å². The third-order valence-electron chi connectivity index (χ3n) is 1.75. The Labute approximate surface area is 76.2 Å². The molecule has 0 amide bonds. The van der Waals surface area contributed by atoms with Crippen molar-refractivity contribution in [2.75, 3.05) is 0 Å². The Kier molecular flexibility index (Phi) is 2.28. The summed E-state index contributed by atoms with van der Waals surface area (Å²) in [6.45, 7) is 0. The van der Waals surface area contributed by atoms with Gasteiger partial charge in [0.05, 0.1) is 0 Å². The number of aliphatic imine (C=N–C) groups is 1. The first-order valence-corrected chi connectivity index (χ1v) is 4.89. The van der Waals surface area contributed by atoms with E-state index in [9.17, 15) is 0 Å². The van der Waals surface area contributed by atoms with Crippen LogP contribution in [0.2, 0.25) is 0 Å². The first-order chi connectivity index (χ1) is 5.97. The zero-order chi connectivity index (χ0) is 8.23. The number of hydrogen-bond acceptors (Lipinski definition) is 2. The van der Waals surface area contributed by atoms with Gasteiger partial charge in [0.2, 0.25) is 0 Å². The predicted molar refractivity (Wildman–Crippen MR) is 54.5 cm³/mol. The molecular formula is C10H9NS. The molecule has 1 aromatic carbocycles. The fourth-order valence-electron chi connectivity index (χ4n) is 1.13. The lowest BCUT2D eigenvalue weighted by molar-refractivity contribution is 1.39. The fourth-order valence-corrected chi connectivity index (χ4v) is 1.83. The maximum Gasteiger partial charge on any atom is 0.0343 e. The van der Waals surface area contributed by atoms with Gasteiger partial charge >= 0.3 is 0 Å². The van der Waals surface area contributed by atoms with E-state index in [-0.39, 0.29) is 0 Å². The molecule has 1 aromatic rings. The van der Waals surface area contributed by atoms with Crippen LogP contribution in [-0.4, -0.2) is 6.21 Å². The molecule has 0 saturated carbocycles. The first kappa shape index (κ1) is 7.62. The lowest BCUT2D eigenvalue weighted by Gasteiger charge is -2.04. The highest BCUT2D eigenvalue weighted by molar-refractivity contribution is 8.01. The second-order valence-electron chi connectivity index (χ2n) is 2.57. The fraction of sp³-hybridized carbons (Fsp3) is 0.100. The van der Waals surface area contributed by atoms with Crippen LogP contribution in [0, 0.1) is 0 Å². The summed E-state index contributed by atoms with van der Waals surface area (Å²) in [5, 5.41) is 2.02. The van der Waals surface area contributed by atoms with Crippen LogP contribution < -0.4 is 0 Å². The normalized spacial score (nSPS) is 15.0. The van der Waals surface area contributed by atoms with Gasteiger partial charge in [0.1, 0.15) is 0 Å². The number of benzene rings is 1. The monoisotopic (exact) mass is 175 g/mol. The Bertz CT molecular complexity index is 328. The minimum atomic E-state index is 1.04. The number of nitrogens with zero attached hydrogens (tertiary/aromatic N) is 1. The van der Waals surface area contributed by atoms with Crippen molar-refractivity contribution in [3.05, 3.63) is 47.0 Å². The lowest BCUT2D eigenvalue weighted by Crippen LogP contribution is -1.90. The highest BCUT2D eigenvalue weighted by Crippen LogP contribution is 2.17. The minimum absolute atomic E-state index is 1.04. The summed E-state index contributed by atoms with van der Waals surface area (Å²) in [6, 6.07) is 8.35. The molecule has 0 aliphatic carbocycles. The molecule has 0 aromatic heterocycles. The summed E-state index contributed by atoms with van der Waals surface area (Å²) in [5.74, 6) is 1.04. The molecule has 1 nitrogen and oxygen atoms in total. The molecular weight excluding hydrogens is 166 g/mol. The SMILES string of the molecule is C1=CSCc2ccccc2C=N1. The van der Waals surface area contributed by atoms with Crippen LogP contribution in [0.4, 0.5) is 0 Å². The van der Waals surface area contributed by atoms with Crippen molar-refractivity contribution in [1.29, 1.82) is 0 Å². The van der Waals surface area contributed by atoms with E-state index in [0.29, 0.717) is 0 Å². The second-order valence-corrected chi connectivity index (χ2v) is 3.47. The van der Waals surface area contributed by atoms with E-state index in [1.807, 2.05) is 23.9 Å². The van der Waals surface area contributed by atoms with Crippen LogP contribution in [0.5, 0.6) is 0 Å². The maximum absolute atomic E-state index is 4.15. The molecule has 0 N–H and O–H groups in total. The van der Waals surface area contributed by atoms with Crippen molar-refractivity contribution in [3.8, 4) is 0 Å². The Balaban J connectivity index is 2.43. The van der Waals surface area contributed by atoms with Gasteiger partial charge in [0, 0.05) is 18.2 Å². The third kappa shape index (κ3) is 1.59. The Morgan fingerprint density at radius 3 is 3.17 bits per heavy atom. The van der Waals surface area contributed by atoms with E-state index < -0.39 is 0 Å². The standard InChI is InChI=1S/C10H9NS/c1-2-4-10-8-12-6-5-11-7-9(10)3-1/h1-7H,8H2. The summed E-state index contributed by atoms with van der Waals surface area (Å²) in [7, 11) is 0. The van der Waals surface area contributed by atoms with Crippen molar-refractivity contribution in [2.24, 2.45) is 4.99 Å². The molecule has 60 valence electrons. The summed E-state index contributed by atoms with van der Waals surface area (Å²) < 4.78 is 0. The van der Waals surface area contributed by atoms with E-state index in [1.165, 1.54) is 11.1 Å². The molecule has 0 atom stereocenters. The molecule has 0 bridgehead atoms. The van der Waals surface area contributed by atoms with Gasteiger partial charge in [0.15, 0.2) is 0 Å². The van der Waals surface area contributed by atoms with Crippen LogP contribution >= 0.6 is 11.8 Å². The van der Waals surface area contributed by atoms with Crippen molar-refractivity contribution >= 4 is 18.0 Å². The van der Waals surface area contributed by atoms with Crippen molar-refractivity contribution in [1.82, 2.24) is 0 Å². The molecule has 2 heteroatoms. The second kappa shape index (κ2) is 3.59. The molecule has 1 heterocycles. The molecule has 2 rings (SSSR count). The van der Waals surface area contributed by atoms with Gasteiger partial charge in [-0.1, -0.05) is 24.3 Å². The average Bonchev–Trinajstić information content (AvgIpc) is 2.06. The summed E-state index contributed by atoms with van der Waals surface area (Å²) in [5.41, 5.74) is 2.59. The zero-order valence-electron chi connectivity index (χ0n) is 6.60. The van der Waals surface area contributed by atoms with E-state index >= 15 is 0 Å². The number of fused-ring (bicyclic) bond motifs is 1. The van der Waals surface area contributed by atoms with Crippen molar-refractivity contribution < 1.29 is 0 Å². The van der Waals surface area contributed by atoms with Gasteiger partial charge in [-0.15, -0.1) is 11.8 Å². The minimum Gasteiger partial charge on any atom is -0.264 e. The molecule has 1 aliphatic rings. The summed E-state index contributed by atoms with van der Waals surface area (Å²) in [4.78, 5) is 4.15. The maximum atomic E-state index is 4.15. The number of rotatable bonds is 0. The van der Waals surface area contributed by atoms with Gasteiger partial charge in [-0.3, -0.25) is 4.99 Å². The van der Waals surface area contributed by atoms with Gasteiger partial charge in [-0.2, -0.15) is 0 Å². The Morgan fingerprint density at radius 2 is 2.17 bits per heavy atom. The van der Waals surface area contributed by atoms with E-state index in [1.54, 1.807) is 11.8 Å². The van der Waals surface area contributed by atoms with Crippen molar-refractivity contribution in [2.45, 2.75) is 5.75 Å². The predicted octanol–water partition coefficient (Wildman–Crippen LogP) is 2.82. The highest BCUT2D eigenvalue weighted by atomic mass is 32.2. The molecule has 12 heavy (non-hydrogen) atoms. The Hall–Kier alpha value is -1.02. The van der Waals surface area contributed by atoms with Crippen LogP contribution in [0.25, 0.3) is 0 Å². The molecule has 1 aliphatic heterocycles. The molecule has 0 spiro atoms. The summed E-state index contributed by atoms with van der Waals surface area (Å²) >= 11 is 1.78. The van der Waals surface area contributed by atoms with E-state index in [2.05, 4.69) is 23.2 Å². The van der Waals surface area contributed by atoms with Gasteiger partial charge in [-0.05, 0) is 16.5 Å². The zero-order valence-corrected chi connectivity index (χ0v) is 7.42. The smallest absolute Gasteiger partial charge is 0.0343 e. The van der Waals surface area contributed by atoms with Crippen LogP contribution in [-0.2, 0) is 5.75 Å². The molecule has 0 radical (unpaired) electrons. The van der Waals surface area contributed by atoms with Gasteiger partial charge < -0.3 is 0 Å². The topological polar surface area (TPSA) is 12.4 Å². The van der Waals surface area contributed by atoms with E-state index in [4.69, 9.17) is 0 Å². The third-order valence-corrected chi connectivity index (χ3v) is 2.54. The van der Waals surface area contributed by atoms with Crippen LogP contribution in [0.3, 0.4) is 0 Å². The van der Waals surface area contributed by atoms with Gasteiger partial charge in [-0.25, -0.2) is 0 Å². The Morgan fingerprint density at radius 1 is 1.25 bits per heavy atom. The number of thioether (sulfide) groups is 1. The average molecular weight is 175 g/mol. The van der Waals surface area contributed by atoms with Crippen molar-refractivity contribution in [3.63, 3.8) is 0 Å². The molecule has 0 fully saturated rings. The van der Waals surface area contributed by atoms with E-state index in [0.717, 1.165) is 5.75 Å². The lowest BCUT2D eigenvalue weighted by atomic mass is 10.1. The van der Waals surface area contributed by atoms with Crippen LogP contribution in [0.1, 0.15) is 11.1 Å². The quantitative estimate of drug-likeness (QED) is 0.590. The highest BCUT2D eigenvalue weighted by Gasteiger charge is 1.98. The largest absolute Gasteiger partial charge is 0.264 e. The number of hydrogen-bond donors (Lipinski definition) is 0. The first-order valence-electron chi connectivity index (χ1n) is 3.84.